The highest BCUT2D eigenvalue weighted by Crippen LogP contribution is 2.38. The van der Waals surface area contributed by atoms with Crippen LogP contribution in [0.4, 0.5) is 28.7 Å². The molecular weight excluding hydrogens is 406 g/mol. The fraction of sp³-hybridized carbons (Fsp3) is 0.304. The molecule has 0 bridgehead atoms. The SMILES string of the molecule is CC(C)N1c2cc(Nc3cccc(C(=O)Nc4ccnn4C)c3)ncc2N(C)C(=O)C1C. The Kier molecular flexibility index (Phi) is 5.56. The summed E-state index contributed by atoms with van der Waals surface area (Å²) < 4.78 is 1.60. The summed E-state index contributed by atoms with van der Waals surface area (Å²) in [6.45, 7) is 6.05. The zero-order chi connectivity index (χ0) is 23.0. The second-order valence-corrected chi connectivity index (χ2v) is 8.13. The Hall–Kier alpha value is -3.88. The molecular formula is C23H27N7O2. The van der Waals surface area contributed by atoms with Gasteiger partial charge in [-0.25, -0.2) is 4.98 Å². The van der Waals surface area contributed by atoms with Crippen molar-refractivity contribution in [2.75, 3.05) is 27.5 Å². The minimum Gasteiger partial charge on any atom is -0.355 e. The third kappa shape index (κ3) is 3.89. The number of pyridine rings is 1. The highest BCUT2D eigenvalue weighted by Gasteiger charge is 2.35. The third-order valence-electron chi connectivity index (χ3n) is 5.62. The first-order valence-electron chi connectivity index (χ1n) is 10.5. The molecule has 2 amide bonds. The highest BCUT2D eigenvalue weighted by molar-refractivity contribution is 6.05. The van der Waals surface area contributed by atoms with E-state index in [1.807, 2.05) is 25.1 Å². The Morgan fingerprint density at radius 3 is 2.59 bits per heavy atom. The first-order valence-corrected chi connectivity index (χ1v) is 10.5. The fourth-order valence-corrected chi connectivity index (χ4v) is 3.99. The van der Waals surface area contributed by atoms with Gasteiger partial charge in [-0.1, -0.05) is 6.07 Å². The van der Waals surface area contributed by atoms with Crippen molar-refractivity contribution >= 4 is 40.5 Å². The van der Waals surface area contributed by atoms with Gasteiger partial charge in [-0.05, 0) is 39.0 Å². The van der Waals surface area contributed by atoms with E-state index in [-0.39, 0.29) is 23.9 Å². The van der Waals surface area contributed by atoms with E-state index in [0.717, 1.165) is 17.1 Å². The van der Waals surface area contributed by atoms with Crippen molar-refractivity contribution in [3.05, 3.63) is 54.4 Å². The lowest BCUT2D eigenvalue weighted by atomic mass is 10.1. The lowest BCUT2D eigenvalue weighted by Crippen LogP contribution is -2.53. The molecule has 1 aliphatic rings. The summed E-state index contributed by atoms with van der Waals surface area (Å²) >= 11 is 0. The van der Waals surface area contributed by atoms with Crippen molar-refractivity contribution in [1.82, 2.24) is 14.8 Å². The van der Waals surface area contributed by atoms with Crippen molar-refractivity contribution < 1.29 is 9.59 Å². The number of carbonyl (C=O) groups excluding carboxylic acids is 2. The van der Waals surface area contributed by atoms with E-state index >= 15 is 0 Å². The van der Waals surface area contributed by atoms with Gasteiger partial charge >= 0.3 is 0 Å². The number of hydrogen-bond donors (Lipinski definition) is 2. The standard InChI is InChI=1S/C23H27N7O2/c1-14(2)30-15(3)23(32)28(4)19-13-24-20(12-18(19)30)26-17-8-6-7-16(11-17)22(31)27-21-9-10-25-29(21)5/h6-15H,1-5H3,(H,24,26)(H,27,31). The topological polar surface area (TPSA) is 95.4 Å². The van der Waals surface area contributed by atoms with Gasteiger partial charge in [-0.2, -0.15) is 5.10 Å². The molecule has 1 aromatic carbocycles. The van der Waals surface area contributed by atoms with Crippen LogP contribution in [0.3, 0.4) is 0 Å². The first-order chi connectivity index (χ1) is 15.3. The van der Waals surface area contributed by atoms with Crippen LogP contribution >= 0.6 is 0 Å². The fourth-order valence-electron chi connectivity index (χ4n) is 3.99. The van der Waals surface area contributed by atoms with Gasteiger partial charge in [0.2, 0.25) is 5.91 Å². The minimum absolute atomic E-state index is 0.0424. The quantitative estimate of drug-likeness (QED) is 0.640. The van der Waals surface area contributed by atoms with Crippen LogP contribution in [0.5, 0.6) is 0 Å². The molecule has 166 valence electrons. The van der Waals surface area contributed by atoms with Gasteiger partial charge < -0.3 is 20.4 Å². The Balaban J connectivity index is 1.59. The average Bonchev–Trinajstić information content (AvgIpc) is 3.16. The number of likely N-dealkylation sites (N-methyl/N-ethyl adjacent to an activating group) is 1. The van der Waals surface area contributed by atoms with Gasteiger partial charge in [0.25, 0.3) is 5.91 Å². The van der Waals surface area contributed by atoms with Gasteiger partial charge in [0.05, 0.1) is 23.8 Å². The molecule has 9 nitrogen and oxygen atoms in total. The Morgan fingerprint density at radius 1 is 1.12 bits per heavy atom. The van der Waals surface area contributed by atoms with Crippen LogP contribution in [0.2, 0.25) is 0 Å². The number of benzene rings is 1. The predicted molar refractivity (Wildman–Crippen MR) is 126 cm³/mol. The van der Waals surface area contributed by atoms with Gasteiger partial charge in [-0.3, -0.25) is 14.3 Å². The average molecular weight is 434 g/mol. The van der Waals surface area contributed by atoms with Crippen molar-refractivity contribution in [3.63, 3.8) is 0 Å². The summed E-state index contributed by atoms with van der Waals surface area (Å²) in [6.07, 6.45) is 3.33. The highest BCUT2D eigenvalue weighted by atomic mass is 16.2. The van der Waals surface area contributed by atoms with E-state index in [1.165, 1.54) is 0 Å². The van der Waals surface area contributed by atoms with Crippen molar-refractivity contribution in [2.45, 2.75) is 32.9 Å². The molecule has 3 aromatic rings. The Bertz CT molecular complexity index is 1170. The molecule has 1 aliphatic heterocycles. The monoisotopic (exact) mass is 433 g/mol. The van der Waals surface area contributed by atoms with Gasteiger partial charge in [0, 0.05) is 43.5 Å². The lowest BCUT2D eigenvalue weighted by Gasteiger charge is -2.42. The molecule has 2 aromatic heterocycles. The summed E-state index contributed by atoms with van der Waals surface area (Å²) in [6, 6.07) is 10.8. The number of amides is 2. The number of carbonyl (C=O) groups is 2. The molecule has 9 heteroatoms. The van der Waals surface area contributed by atoms with E-state index in [0.29, 0.717) is 17.2 Å². The Morgan fingerprint density at radius 2 is 1.91 bits per heavy atom. The number of nitrogens with zero attached hydrogens (tertiary/aromatic N) is 5. The zero-order valence-electron chi connectivity index (χ0n) is 18.8. The Labute approximate surface area is 187 Å². The number of rotatable bonds is 5. The molecule has 2 N–H and O–H groups in total. The number of hydrogen-bond acceptors (Lipinski definition) is 6. The number of anilines is 5. The van der Waals surface area contributed by atoms with E-state index in [9.17, 15) is 9.59 Å². The summed E-state index contributed by atoms with van der Waals surface area (Å²) in [5.74, 6) is 1.07. The number of aryl methyl sites for hydroxylation is 1. The molecule has 0 aliphatic carbocycles. The van der Waals surface area contributed by atoms with Crippen molar-refractivity contribution in [2.24, 2.45) is 7.05 Å². The molecule has 3 heterocycles. The van der Waals surface area contributed by atoms with E-state index in [4.69, 9.17) is 0 Å². The molecule has 0 fully saturated rings. The largest absolute Gasteiger partial charge is 0.355 e. The van der Waals surface area contributed by atoms with Crippen LogP contribution in [0.1, 0.15) is 31.1 Å². The summed E-state index contributed by atoms with van der Waals surface area (Å²) in [4.78, 5) is 33.5. The van der Waals surface area contributed by atoms with E-state index in [1.54, 1.807) is 54.3 Å². The number of nitrogens with one attached hydrogen (secondary N) is 2. The van der Waals surface area contributed by atoms with E-state index in [2.05, 4.69) is 39.5 Å². The van der Waals surface area contributed by atoms with Gasteiger partial charge in [0.1, 0.15) is 17.7 Å². The molecule has 0 spiro atoms. The summed E-state index contributed by atoms with van der Waals surface area (Å²) in [7, 11) is 3.54. The second-order valence-electron chi connectivity index (χ2n) is 8.13. The lowest BCUT2D eigenvalue weighted by molar-refractivity contribution is -0.119. The molecule has 0 saturated heterocycles. The van der Waals surface area contributed by atoms with Crippen LogP contribution < -0.4 is 20.4 Å². The number of aromatic nitrogens is 3. The molecule has 1 atom stereocenters. The van der Waals surface area contributed by atoms with Crippen LogP contribution in [0.25, 0.3) is 0 Å². The van der Waals surface area contributed by atoms with Crippen LogP contribution in [-0.4, -0.2) is 45.7 Å². The van der Waals surface area contributed by atoms with E-state index < -0.39 is 0 Å². The normalized spacial score (nSPS) is 15.7. The maximum absolute atomic E-state index is 12.6. The summed E-state index contributed by atoms with van der Waals surface area (Å²) in [5, 5.41) is 10.2. The predicted octanol–water partition coefficient (Wildman–Crippen LogP) is 3.39. The van der Waals surface area contributed by atoms with Crippen LogP contribution in [0.15, 0.2) is 48.8 Å². The maximum Gasteiger partial charge on any atom is 0.256 e. The smallest absolute Gasteiger partial charge is 0.256 e. The third-order valence-corrected chi connectivity index (χ3v) is 5.62. The van der Waals surface area contributed by atoms with Crippen LogP contribution in [0, 0.1) is 0 Å². The zero-order valence-corrected chi connectivity index (χ0v) is 18.8. The molecule has 32 heavy (non-hydrogen) atoms. The molecule has 4 rings (SSSR count). The van der Waals surface area contributed by atoms with Crippen LogP contribution in [-0.2, 0) is 11.8 Å². The maximum atomic E-state index is 12.6. The van der Waals surface area contributed by atoms with Gasteiger partial charge in [0.15, 0.2) is 0 Å². The second kappa shape index (κ2) is 8.33. The van der Waals surface area contributed by atoms with Gasteiger partial charge in [-0.15, -0.1) is 0 Å². The minimum atomic E-state index is -0.262. The summed E-state index contributed by atoms with van der Waals surface area (Å²) in [5.41, 5.74) is 2.96. The number of fused-ring (bicyclic) bond motifs is 1. The molecule has 1 unspecified atom stereocenters. The molecule has 0 radical (unpaired) electrons. The van der Waals surface area contributed by atoms with Crippen molar-refractivity contribution in [1.29, 1.82) is 0 Å². The van der Waals surface area contributed by atoms with Crippen molar-refractivity contribution in [3.8, 4) is 0 Å². The molecule has 0 saturated carbocycles. The first kappa shape index (κ1) is 21.4.